The number of nitrogens with one attached hydrogen (secondary N) is 2. The van der Waals surface area contributed by atoms with Gasteiger partial charge in [0.05, 0.1) is 18.3 Å². The first-order valence-corrected chi connectivity index (χ1v) is 6.17. The van der Waals surface area contributed by atoms with Crippen LogP contribution in [0.1, 0.15) is 26.0 Å². The standard InChI is InChI=1S/C12H21N3O3/c1-12(2,7-17-3)9-6-10(18-15-9)14-11(16)8-4-5-13-8/h6,8,11,13-14,16H,4-5,7H2,1-3H3/t8-,11?/m0/s1. The Labute approximate surface area is 107 Å². The molecule has 1 aliphatic rings. The third-order valence-corrected chi connectivity index (χ3v) is 3.24. The number of ether oxygens (including phenoxy) is 1. The Balaban J connectivity index is 1.96. The average molecular weight is 255 g/mol. The predicted molar refractivity (Wildman–Crippen MR) is 67.4 cm³/mol. The molecular weight excluding hydrogens is 234 g/mol. The molecular formula is C12H21N3O3. The zero-order chi connectivity index (χ0) is 13.2. The Morgan fingerprint density at radius 1 is 1.72 bits per heavy atom. The van der Waals surface area contributed by atoms with Gasteiger partial charge < -0.3 is 25.0 Å². The van der Waals surface area contributed by atoms with Gasteiger partial charge >= 0.3 is 0 Å². The van der Waals surface area contributed by atoms with Crippen LogP contribution in [0.5, 0.6) is 0 Å². The van der Waals surface area contributed by atoms with Crippen LogP contribution < -0.4 is 10.6 Å². The van der Waals surface area contributed by atoms with Gasteiger partial charge in [-0.05, 0) is 13.0 Å². The maximum Gasteiger partial charge on any atom is 0.226 e. The molecule has 1 unspecified atom stereocenters. The molecule has 0 aliphatic carbocycles. The molecule has 2 rings (SSSR count). The van der Waals surface area contributed by atoms with Crippen LogP contribution in [0.25, 0.3) is 0 Å². The summed E-state index contributed by atoms with van der Waals surface area (Å²) in [7, 11) is 1.66. The van der Waals surface area contributed by atoms with E-state index in [0.717, 1.165) is 18.7 Å². The van der Waals surface area contributed by atoms with Crippen molar-refractivity contribution in [2.24, 2.45) is 0 Å². The molecule has 6 heteroatoms. The third kappa shape index (κ3) is 2.82. The number of rotatable bonds is 6. The maximum atomic E-state index is 9.85. The highest BCUT2D eigenvalue weighted by Gasteiger charge is 2.28. The van der Waals surface area contributed by atoms with E-state index < -0.39 is 6.23 Å². The first kappa shape index (κ1) is 13.3. The highest BCUT2D eigenvalue weighted by atomic mass is 16.5. The number of nitrogens with zero attached hydrogens (tertiary/aromatic N) is 1. The van der Waals surface area contributed by atoms with E-state index in [1.54, 1.807) is 13.2 Å². The largest absolute Gasteiger partial charge is 0.384 e. The van der Waals surface area contributed by atoms with Crippen LogP contribution in [-0.4, -0.2) is 42.8 Å². The Hall–Kier alpha value is -1.11. The van der Waals surface area contributed by atoms with Crippen LogP contribution in [0.3, 0.4) is 0 Å². The van der Waals surface area contributed by atoms with Crippen molar-refractivity contribution in [2.75, 3.05) is 25.6 Å². The minimum absolute atomic E-state index is 0.0885. The van der Waals surface area contributed by atoms with Gasteiger partial charge in [-0.15, -0.1) is 0 Å². The van der Waals surface area contributed by atoms with Gasteiger partial charge in [-0.3, -0.25) is 0 Å². The second kappa shape index (κ2) is 5.26. The molecule has 0 saturated carbocycles. The van der Waals surface area contributed by atoms with Crippen LogP contribution >= 0.6 is 0 Å². The quantitative estimate of drug-likeness (QED) is 0.649. The van der Waals surface area contributed by atoms with Crippen LogP contribution in [0.2, 0.25) is 0 Å². The second-order valence-corrected chi connectivity index (χ2v) is 5.33. The molecule has 1 aromatic heterocycles. The van der Waals surface area contributed by atoms with Crippen LogP contribution in [0.15, 0.2) is 10.6 Å². The van der Waals surface area contributed by atoms with E-state index in [-0.39, 0.29) is 11.5 Å². The first-order valence-electron chi connectivity index (χ1n) is 6.17. The smallest absolute Gasteiger partial charge is 0.226 e. The van der Waals surface area contributed by atoms with Crippen molar-refractivity contribution in [3.8, 4) is 0 Å². The van der Waals surface area contributed by atoms with E-state index in [9.17, 15) is 5.11 Å². The SMILES string of the molecule is COCC(C)(C)c1cc(NC(O)[C@@H]2CCN2)on1. The number of methoxy groups -OCH3 is 1. The van der Waals surface area contributed by atoms with Crippen molar-refractivity contribution in [1.82, 2.24) is 10.5 Å². The van der Waals surface area contributed by atoms with E-state index in [1.807, 2.05) is 13.8 Å². The summed E-state index contributed by atoms with van der Waals surface area (Å²) in [4.78, 5) is 0. The lowest BCUT2D eigenvalue weighted by Gasteiger charge is -2.31. The summed E-state index contributed by atoms with van der Waals surface area (Å²) in [6.07, 6.45) is 0.315. The van der Waals surface area contributed by atoms with Crippen molar-refractivity contribution in [3.05, 3.63) is 11.8 Å². The molecule has 2 heterocycles. The highest BCUT2D eigenvalue weighted by molar-refractivity contribution is 5.35. The molecule has 18 heavy (non-hydrogen) atoms. The number of anilines is 1. The lowest BCUT2D eigenvalue weighted by molar-refractivity contribution is 0.116. The van der Waals surface area contributed by atoms with E-state index in [2.05, 4.69) is 15.8 Å². The van der Waals surface area contributed by atoms with Gasteiger partial charge in [0.2, 0.25) is 5.88 Å². The van der Waals surface area contributed by atoms with Crippen LogP contribution in [-0.2, 0) is 10.2 Å². The maximum absolute atomic E-state index is 9.85. The third-order valence-electron chi connectivity index (χ3n) is 3.24. The highest BCUT2D eigenvalue weighted by Crippen LogP contribution is 2.25. The fourth-order valence-electron chi connectivity index (χ4n) is 1.92. The van der Waals surface area contributed by atoms with Gasteiger partial charge in [0.15, 0.2) is 0 Å². The lowest BCUT2D eigenvalue weighted by Crippen LogP contribution is -2.53. The van der Waals surface area contributed by atoms with Crippen LogP contribution in [0, 0.1) is 0 Å². The molecule has 6 nitrogen and oxygen atoms in total. The number of aliphatic hydroxyl groups excluding tert-OH is 1. The Morgan fingerprint density at radius 3 is 3.00 bits per heavy atom. The second-order valence-electron chi connectivity index (χ2n) is 5.33. The van der Waals surface area contributed by atoms with Gasteiger partial charge in [0.25, 0.3) is 0 Å². The van der Waals surface area contributed by atoms with Crippen LogP contribution in [0.4, 0.5) is 5.88 Å². The fraction of sp³-hybridized carbons (Fsp3) is 0.750. The Morgan fingerprint density at radius 2 is 2.44 bits per heavy atom. The summed E-state index contributed by atoms with van der Waals surface area (Å²) < 4.78 is 10.3. The van der Waals surface area contributed by atoms with Crippen molar-refractivity contribution in [3.63, 3.8) is 0 Å². The summed E-state index contributed by atoms with van der Waals surface area (Å²) in [6.45, 7) is 5.57. The molecule has 0 radical (unpaired) electrons. The molecule has 0 amide bonds. The molecule has 0 spiro atoms. The molecule has 3 N–H and O–H groups in total. The molecule has 0 aromatic carbocycles. The summed E-state index contributed by atoms with van der Waals surface area (Å²) in [5, 5.41) is 19.9. The normalized spacial score (nSPS) is 21.4. The number of aromatic nitrogens is 1. The van der Waals surface area contributed by atoms with Crippen molar-refractivity contribution < 1.29 is 14.4 Å². The van der Waals surface area contributed by atoms with Crippen molar-refractivity contribution >= 4 is 5.88 Å². The summed E-state index contributed by atoms with van der Waals surface area (Å²) in [6, 6.07) is 1.89. The van der Waals surface area contributed by atoms with Gasteiger partial charge in [0.1, 0.15) is 6.23 Å². The lowest BCUT2D eigenvalue weighted by atomic mass is 9.90. The topological polar surface area (TPSA) is 79.5 Å². The predicted octanol–water partition coefficient (Wildman–Crippen LogP) is 0.691. The molecule has 1 fully saturated rings. The van der Waals surface area contributed by atoms with Gasteiger partial charge in [-0.25, -0.2) is 0 Å². The van der Waals surface area contributed by atoms with Gasteiger partial charge in [-0.2, -0.15) is 0 Å². The number of hydrogen-bond donors (Lipinski definition) is 3. The summed E-state index contributed by atoms with van der Waals surface area (Å²) in [5.74, 6) is 0.482. The van der Waals surface area contributed by atoms with E-state index in [4.69, 9.17) is 9.26 Å². The van der Waals surface area contributed by atoms with E-state index in [0.29, 0.717) is 12.5 Å². The van der Waals surface area contributed by atoms with Gasteiger partial charge in [0, 0.05) is 18.6 Å². The Kier molecular flexibility index (Phi) is 3.89. The zero-order valence-electron chi connectivity index (χ0n) is 11.1. The molecule has 1 aliphatic heterocycles. The number of aliphatic hydroxyl groups is 1. The molecule has 2 atom stereocenters. The average Bonchev–Trinajstić information content (AvgIpc) is 2.63. The van der Waals surface area contributed by atoms with E-state index in [1.165, 1.54) is 0 Å². The van der Waals surface area contributed by atoms with E-state index >= 15 is 0 Å². The van der Waals surface area contributed by atoms with Crippen molar-refractivity contribution in [1.29, 1.82) is 0 Å². The minimum Gasteiger partial charge on any atom is -0.384 e. The summed E-state index contributed by atoms with van der Waals surface area (Å²) >= 11 is 0. The zero-order valence-corrected chi connectivity index (χ0v) is 11.1. The number of hydrogen-bond acceptors (Lipinski definition) is 6. The van der Waals surface area contributed by atoms with Crippen molar-refractivity contribution in [2.45, 2.75) is 38.0 Å². The molecule has 0 bridgehead atoms. The first-order chi connectivity index (χ1) is 8.53. The fourth-order valence-corrected chi connectivity index (χ4v) is 1.92. The minimum atomic E-state index is -0.648. The summed E-state index contributed by atoms with van der Waals surface area (Å²) in [5.41, 5.74) is 0.596. The van der Waals surface area contributed by atoms with Gasteiger partial charge in [-0.1, -0.05) is 19.0 Å². The monoisotopic (exact) mass is 255 g/mol. The Bertz CT molecular complexity index is 388. The molecule has 1 aromatic rings. The molecule has 102 valence electrons. The molecule has 1 saturated heterocycles.